The van der Waals surface area contributed by atoms with E-state index in [1.54, 1.807) is 12.4 Å². The van der Waals surface area contributed by atoms with E-state index in [9.17, 15) is 9.59 Å². The van der Waals surface area contributed by atoms with Crippen molar-refractivity contribution in [2.75, 3.05) is 0 Å². The van der Waals surface area contributed by atoms with Crippen LogP contribution >= 0.6 is 0 Å². The van der Waals surface area contributed by atoms with Crippen molar-refractivity contribution >= 4 is 11.6 Å². The predicted molar refractivity (Wildman–Crippen MR) is 113 cm³/mol. The molecule has 1 saturated carbocycles. The first kappa shape index (κ1) is 21.7. The third-order valence-corrected chi connectivity index (χ3v) is 4.83. The number of Topliss-reactive ketones (excluding diaryl/α,β-unsaturated/α-hetero) is 2. The molecule has 0 N–H and O–H groups in total. The summed E-state index contributed by atoms with van der Waals surface area (Å²) in [6, 6.07) is 4.02. The normalized spacial score (nSPS) is 18.6. The van der Waals surface area contributed by atoms with Crippen LogP contribution in [0, 0.1) is 19.8 Å². The van der Waals surface area contributed by atoms with Crippen molar-refractivity contribution in [1.29, 1.82) is 0 Å². The van der Waals surface area contributed by atoms with E-state index in [2.05, 4.69) is 30.4 Å². The lowest BCUT2D eigenvalue weighted by atomic mass is 9.85. The van der Waals surface area contributed by atoms with Crippen molar-refractivity contribution in [3.05, 3.63) is 59.7 Å². The fourth-order valence-electron chi connectivity index (χ4n) is 3.80. The van der Waals surface area contributed by atoms with Crippen LogP contribution in [0.4, 0.5) is 0 Å². The number of carbonyl (C=O) groups is 2. The Morgan fingerprint density at radius 2 is 1.61 bits per heavy atom. The van der Waals surface area contributed by atoms with Crippen LogP contribution in [-0.4, -0.2) is 21.5 Å². The number of allylic oxidation sites excluding steroid dienone is 1. The quantitative estimate of drug-likeness (QED) is 0.529. The van der Waals surface area contributed by atoms with Gasteiger partial charge in [0.25, 0.3) is 0 Å². The maximum absolute atomic E-state index is 12.8. The molecule has 1 heterocycles. The molecule has 148 valence electrons. The summed E-state index contributed by atoms with van der Waals surface area (Å²) >= 11 is 0. The highest BCUT2D eigenvalue weighted by molar-refractivity contribution is 6.15. The molecule has 4 heteroatoms. The van der Waals surface area contributed by atoms with Crippen LogP contribution < -0.4 is 0 Å². The summed E-state index contributed by atoms with van der Waals surface area (Å²) in [5.74, 6) is -0.797. The molecule has 2 atom stereocenters. The van der Waals surface area contributed by atoms with Gasteiger partial charge in [-0.05, 0) is 49.4 Å². The van der Waals surface area contributed by atoms with E-state index in [0.717, 1.165) is 33.4 Å². The molecular weight excluding hydrogens is 348 g/mol. The Balaban J connectivity index is 0.000000878. The molecule has 0 radical (unpaired) electrons. The topological polar surface area (TPSA) is 59.9 Å². The van der Waals surface area contributed by atoms with Gasteiger partial charge in [0, 0.05) is 30.3 Å². The van der Waals surface area contributed by atoms with Crippen molar-refractivity contribution < 1.29 is 9.59 Å². The van der Waals surface area contributed by atoms with Crippen molar-refractivity contribution in [2.45, 2.75) is 59.8 Å². The number of nitrogens with zero attached hydrogens (tertiary/aromatic N) is 2. The van der Waals surface area contributed by atoms with E-state index < -0.39 is 5.92 Å². The highest BCUT2D eigenvalue weighted by Gasteiger charge is 2.42. The van der Waals surface area contributed by atoms with E-state index in [0.29, 0.717) is 12.8 Å². The molecule has 0 aliphatic heterocycles. The van der Waals surface area contributed by atoms with Crippen molar-refractivity contribution in [2.24, 2.45) is 5.92 Å². The number of aromatic nitrogens is 2. The minimum atomic E-state index is -0.634. The van der Waals surface area contributed by atoms with Gasteiger partial charge in [-0.25, -0.2) is 9.97 Å². The zero-order chi connectivity index (χ0) is 20.8. The lowest BCUT2D eigenvalue weighted by Gasteiger charge is -2.17. The first-order valence-electron chi connectivity index (χ1n) is 9.87. The van der Waals surface area contributed by atoms with Gasteiger partial charge in [0.2, 0.25) is 0 Å². The maximum atomic E-state index is 12.8. The fourth-order valence-corrected chi connectivity index (χ4v) is 3.80. The van der Waals surface area contributed by atoms with Crippen LogP contribution in [0.5, 0.6) is 0 Å². The molecule has 2 aromatic rings. The van der Waals surface area contributed by atoms with E-state index in [1.807, 2.05) is 32.9 Å². The number of hydrogen-bond donors (Lipinski definition) is 0. The van der Waals surface area contributed by atoms with Gasteiger partial charge >= 0.3 is 0 Å². The summed E-state index contributed by atoms with van der Waals surface area (Å²) in [6.07, 6.45) is 7.18. The van der Waals surface area contributed by atoms with Crippen molar-refractivity contribution in [3.8, 4) is 11.1 Å². The molecule has 4 nitrogen and oxygen atoms in total. The lowest BCUT2D eigenvalue weighted by molar-refractivity contribution is -0.124. The smallest absolute Gasteiger partial charge is 0.151 e. The van der Waals surface area contributed by atoms with Gasteiger partial charge in [-0.3, -0.25) is 9.59 Å². The van der Waals surface area contributed by atoms with Crippen LogP contribution in [0.1, 0.15) is 62.6 Å². The number of ketones is 2. The molecule has 0 bridgehead atoms. The van der Waals surface area contributed by atoms with Crippen LogP contribution in [0.25, 0.3) is 11.1 Å². The average Bonchev–Trinajstić information content (AvgIpc) is 2.89. The lowest BCUT2D eigenvalue weighted by Crippen LogP contribution is -2.18. The summed E-state index contributed by atoms with van der Waals surface area (Å²) in [4.78, 5) is 33.5. The highest BCUT2D eigenvalue weighted by Crippen LogP contribution is 2.39. The molecule has 1 aromatic carbocycles. The molecule has 0 saturated heterocycles. The minimum Gasteiger partial charge on any atom is -0.298 e. The Morgan fingerprint density at radius 3 is 2.11 bits per heavy atom. The van der Waals surface area contributed by atoms with E-state index in [4.69, 9.17) is 0 Å². The monoisotopic (exact) mass is 378 g/mol. The Bertz CT molecular complexity index is 848. The molecule has 3 rings (SSSR count). The minimum absolute atomic E-state index is 0.0262. The SMILES string of the molecule is C=C(C)CC1CC(=O)C(c2c(C)cc(-c3cncnc3)cc2C)C1=O.CCC. The molecule has 0 amide bonds. The molecule has 0 spiro atoms. The van der Waals surface area contributed by atoms with Gasteiger partial charge in [0.1, 0.15) is 18.0 Å². The summed E-state index contributed by atoms with van der Waals surface area (Å²) in [5.41, 5.74) is 5.64. The van der Waals surface area contributed by atoms with Crippen LogP contribution in [0.3, 0.4) is 0 Å². The van der Waals surface area contributed by atoms with Crippen LogP contribution in [0.2, 0.25) is 0 Å². The predicted octanol–water partition coefficient (Wildman–Crippen LogP) is 5.38. The molecular formula is C24H30N2O2. The molecule has 1 fully saturated rings. The van der Waals surface area contributed by atoms with Crippen molar-refractivity contribution in [3.63, 3.8) is 0 Å². The highest BCUT2D eigenvalue weighted by atomic mass is 16.2. The third kappa shape index (κ3) is 4.80. The Kier molecular flexibility index (Phi) is 7.38. The second-order valence-electron chi connectivity index (χ2n) is 7.72. The maximum Gasteiger partial charge on any atom is 0.151 e. The zero-order valence-electron chi connectivity index (χ0n) is 17.6. The number of benzene rings is 1. The summed E-state index contributed by atoms with van der Waals surface area (Å²) in [7, 11) is 0. The molecule has 1 aromatic heterocycles. The number of aryl methyl sites for hydroxylation is 2. The second-order valence-corrected chi connectivity index (χ2v) is 7.72. The number of hydrogen-bond acceptors (Lipinski definition) is 4. The molecule has 1 aliphatic carbocycles. The van der Waals surface area contributed by atoms with Crippen LogP contribution in [0.15, 0.2) is 43.0 Å². The first-order valence-corrected chi connectivity index (χ1v) is 9.87. The van der Waals surface area contributed by atoms with E-state index in [1.165, 1.54) is 12.7 Å². The molecule has 2 unspecified atom stereocenters. The Morgan fingerprint density at radius 1 is 1.07 bits per heavy atom. The first-order chi connectivity index (χ1) is 13.3. The summed E-state index contributed by atoms with van der Waals surface area (Å²) in [5, 5.41) is 0. The number of rotatable bonds is 4. The summed E-state index contributed by atoms with van der Waals surface area (Å²) < 4.78 is 0. The molecule has 28 heavy (non-hydrogen) atoms. The van der Waals surface area contributed by atoms with Gasteiger partial charge in [-0.1, -0.05) is 38.0 Å². The fraction of sp³-hybridized carbons (Fsp3) is 0.417. The van der Waals surface area contributed by atoms with Gasteiger partial charge in [-0.2, -0.15) is 0 Å². The van der Waals surface area contributed by atoms with Crippen molar-refractivity contribution in [1.82, 2.24) is 9.97 Å². The Labute approximate surface area is 168 Å². The van der Waals surface area contributed by atoms with Crippen LogP contribution in [-0.2, 0) is 9.59 Å². The largest absolute Gasteiger partial charge is 0.298 e. The average molecular weight is 379 g/mol. The van der Waals surface area contributed by atoms with Gasteiger partial charge in [0.15, 0.2) is 5.78 Å². The van der Waals surface area contributed by atoms with Gasteiger partial charge < -0.3 is 0 Å². The van der Waals surface area contributed by atoms with Gasteiger partial charge in [0.05, 0.1) is 0 Å². The third-order valence-electron chi connectivity index (χ3n) is 4.83. The summed E-state index contributed by atoms with van der Waals surface area (Å²) in [6.45, 7) is 14.0. The second kappa shape index (κ2) is 9.54. The standard InChI is InChI=1S/C21H22N2O2.C3H8/c1-12(2)5-16-8-18(24)20(21(16)25)19-13(3)6-15(7-14(19)4)17-9-22-11-23-10-17;1-3-2/h6-7,9-11,16,20H,1,5,8H2,2-4H3;3H2,1-2H3. The number of carbonyl (C=O) groups excluding carboxylic acids is 2. The molecule has 1 aliphatic rings. The zero-order valence-corrected chi connectivity index (χ0v) is 17.6. The Hall–Kier alpha value is -2.62. The van der Waals surface area contributed by atoms with E-state index >= 15 is 0 Å². The van der Waals surface area contributed by atoms with Gasteiger partial charge in [-0.15, -0.1) is 6.58 Å². The van der Waals surface area contributed by atoms with E-state index in [-0.39, 0.29) is 17.5 Å².